The van der Waals surface area contributed by atoms with Crippen molar-refractivity contribution in [2.75, 3.05) is 34.0 Å². The Morgan fingerprint density at radius 1 is 0.959 bits per heavy atom. The van der Waals surface area contributed by atoms with E-state index in [1.165, 1.54) is 23.0 Å². The summed E-state index contributed by atoms with van der Waals surface area (Å²) in [4.78, 5) is 44.4. The zero-order valence-corrected chi connectivity index (χ0v) is 30.6. The predicted molar refractivity (Wildman–Crippen MR) is 192 cm³/mol. The Bertz CT molecular complexity index is 2070. The highest BCUT2D eigenvalue weighted by Crippen LogP contribution is 2.37. The Labute approximate surface area is 300 Å². The maximum absolute atomic E-state index is 14.2. The molecule has 0 unspecified atom stereocenters. The van der Waals surface area contributed by atoms with Gasteiger partial charge in [-0.1, -0.05) is 47.7 Å². The summed E-state index contributed by atoms with van der Waals surface area (Å²) in [5.41, 5.74) is 2.62. The van der Waals surface area contributed by atoms with Gasteiger partial charge in [-0.25, -0.2) is 14.6 Å². The average molecular weight is 799 g/mol. The van der Waals surface area contributed by atoms with Gasteiger partial charge < -0.3 is 28.4 Å². The standard InChI is InChI=1S/C36H35IN2O9S/c1-6-45-27-18-24(13-14-26(27)47-20-30(40)44-5)32-31(35(42)46-7-2)21(3)38-36-39(32)34(41)29(49-36)17-23-15-25(37)33(28(16-23)43-4)48-19-22-11-9-8-10-12-22/h8-18,32H,6-7,19-20H2,1-5H3/b29-17-/t32-/m0/s1. The van der Waals surface area contributed by atoms with Gasteiger partial charge in [0.15, 0.2) is 34.4 Å². The lowest BCUT2D eigenvalue weighted by Gasteiger charge is -2.25. The number of carbonyl (C=O) groups excluding carboxylic acids is 2. The van der Waals surface area contributed by atoms with E-state index < -0.39 is 18.0 Å². The van der Waals surface area contributed by atoms with Gasteiger partial charge in [0.05, 0.1) is 52.8 Å². The normalized spacial score (nSPS) is 14.1. The molecule has 0 aliphatic carbocycles. The lowest BCUT2D eigenvalue weighted by atomic mass is 9.95. The Hall–Kier alpha value is -4.63. The molecule has 2 heterocycles. The number of methoxy groups -OCH3 is 2. The number of thiazole rings is 1. The minimum Gasteiger partial charge on any atom is -0.493 e. The Morgan fingerprint density at radius 3 is 2.43 bits per heavy atom. The third-order valence-corrected chi connectivity index (χ3v) is 9.23. The number of nitrogens with zero attached hydrogens (tertiary/aromatic N) is 2. The first kappa shape index (κ1) is 35.7. The molecule has 3 aromatic carbocycles. The molecular formula is C36H35IN2O9S. The summed E-state index contributed by atoms with van der Waals surface area (Å²) in [7, 11) is 2.84. The molecular weight excluding hydrogens is 763 g/mol. The first-order valence-corrected chi connectivity index (χ1v) is 17.3. The molecule has 11 nitrogen and oxygen atoms in total. The number of ether oxygens (including phenoxy) is 6. The molecule has 5 rings (SSSR count). The van der Waals surface area contributed by atoms with E-state index in [4.69, 9.17) is 23.7 Å². The molecule has 4 aromatic rings. The monoisotopic (exact) mass is 798 g/mol. The number of allylic oxidation sites excluding steroid dienone is 1. The zero-order valence-electron chi connectivity index (χ0n) is 27.6. The molecule has 1 aliphatic rings. The number of halogens is 1. The minimum atomic E-state index is -0.880. The van der Waals surface area contributed by atoms with E-state index >= 15 is 0 Å². The van der Waals surface area contributed by atoms with E-state index in [0.717, 1.165) is 14.7 Å². The molecule has 49 heavy (non-hydrogen) atoms. The van der Waals surface area contributed by atoms with E-state index in [1.807, 2.05) is 49.4 Å². The van der Waals surface area contributed by atoms with Gasteiger partial charge in [0, 0.05) is 0 Å². The predicted octanol–water partition coefficient (Wildman–Crippen LogP) is 4.94. The summed E-state index contributed by atoms with van der Waals surface area (Å²) in [6.45, 7) is 5.74. The van der Waals surface area contributed by atoms with E-state index in [-0.39, 0.29) is 24.3 Å². The summed E-state index contributed by atoms with van der Waals surface area (Å²) < 4.78 is 36.1. The van der Waals surface area contributed by atoms with Crippen molar-refractivity contribution < 1.29 is 38.0 Å². The van der Waals surface area contributed by atoms with Gasteiger partial charge in [0.25, 0.3) is 5.56 Å². The van der Waals surface area contributed by atoms with Crippen molar-refractivity contribution in [1.82, 2.24) is 4.57 Å². The number of aromatic nitrogens is 1. The first-order valence-electron chi connectivity index (χ1n) is 15.4. The molecule has 1 atom stereocenters. The van der Waals surface area contributed by atoms with E-state index in [0.29, 0.717) is 56.8 Å². The van der Waals surface area contributed by atoms with Crippen LogP contribution in [0.25, 0.3) is 6.08 Å². The van der Waals surface area contributed by atoms with Gasteiger partial charge in [-0.15, -0.1) is 0 Å². The van der Waals surface area contributed by atoms with Crippen LogP contribution >= 0.6 is 33.9 Å². The summed E-state index contributed by atoms with van der Waals surface area (Å²) in [6, 6.07) is 17.7. The number of hydrogen-bond acceptors (Lipinski definition) is 11. The summed E-state index contributed by atoms with van der Waals surface area (Å²) >= 11 is 3.40. The first-order chi connectivity index (χ1) is 23.7. The van der Waals surface area contributed by atoms with E-state index in [1.54, 1.807) is 45.2 Å². The van der Waals surface area contributed by atoms with Crippen LogP contribution in [-0.4, -0.2) is 50.5 Å². The molecule has 1 aliphatic heterocycles. The third-order valence-electron chi connectivity index (χ3n) is 7.45. The van der Waals surface area contributed by atoms with Crippen LogP contribution in [0.2, 0.25) is 0 Å². The van der Waals surface area contributed by atoms with Crippen LogP contribution in [0.4, 0.5) is 0 Å². The molecule has 0 fully saturated rings. The second kappa shape index (κ2) is 16.2. The number of rotatable bonds is 13. The van der Waals surface area contributed by atoms with Gasteiger partial charge in [-0.05, 0) is 90.4 Å². The van der Waals surface area contributed by atoms with Crippen molar-refractivity contribution in [2.24, 2.45) is 4.99 Å². The molecule has 0 spiro atoms. The fourth-order valence-electron chi connectivity index (χ4n) is 5.23. The molecule has 0 saturated heterocycles. The number of benzene rings is 3. The molecule has 13 heteroatoms. The van der Waals surface area contributed by atoms with Gasteiger partial charge >= 0.3 is 11.9 Å². The molecule has 0 amide bonds. The summed E-state index contributed by atoms with van der Waals surface area (Å²) in [5.74, 6) is 0.630. The van der Waals surface area contributed by atoms with Crippen molar-refractivity contribution in [3.8, 4) is 23.0 Å². The average Bonchev–Trinajstić information content (AvgIpc) is 3.40. The van der Waals surface area contributed by atoms with Crippen LogP contribution in [0, 0.1) is 3.57 Å². The Morgan fingerprint density at radius 2 is 1.73 bits per heavy atom. The van der Waals surface area contributed by atoms with Crippen LogP contribution in [0.1, 0.15) is 43.5 Å². The second-order valence-electron chi connectivity index (χ2n) is 10.6. The number of esters is 2. The van der Waals surface area contributed by atoms with Crippen LogP contribution in [0.5, 0.6) is 23.0 Å². The highest BCUT2D eigenvalue weighted by molar-refractivity contribution is 14.1. The topological polar surface area (TPSA) is 124 Å². The van der Waals surface area contributed by atoms with Crippen LogP contribution in [0.3, 0.4) is 0 Å². The second-order valence-corrected chi connectivity index (χ2v) is 12.8. The smallest absolute Gasteiger partial charge is 0.343 e. The van der Waals surface area contributed by atoms with Crippen LogP contribution in [0.15, 0.2) is 81.7 Å². The number of hydrogen-bond donors (Lipinski definition) is 0. The fourth-order valence-corrected chi connectivity index (χ4v) is 7.06. The van der Waals surface area contributed by atoms with E-state index in [9.17, 15) is 14.4 Å². The van der Waals surface area contributed by atoms with Crippen molar-refractivity contribution in [1.29, 1.82) is 0 Å². The largest absolute Gasteiger partial charge is 0.493 e. The molecule has 0 bridgehead atoms. The molecule has 0 N–H and O–H groups in total. The highest BCUT2D eigenvalue weighted by atomic mass is 127. The number of fused-ring (bicyclic) bond motifs is 1. The zero-order chi connectivity index (χ0) is 35.1. The molecule has 1 aromatic heterocycles. The van der Waals surface area contributed by atoms with Crippen molar-refractivity contribution in [3.63, 3.8) is 0 Å². The van der Waals surface area contributed by atoms with Crippen LogP contribution in [-0.2, 0) is 25.7 Å². The quantitative estimate of drug-likeness (QED) is 0.137. The highest BCUT2D eigenvalue weighted by Gasteiger charge is 2.34. The summed E-state index contributed by atoms with van der Waals surface area (Å²) in [5, 5.41) is 0. The van der Waals surface area contributed by atoms with E-state index in [2.05, 4.69) is 32.3 Å². The summed E-state index contributed by atoms with van der Waals surface area (Å²) in [6.07, 6.45) is 1.77. The van der Waals surface area contributed by atoms with Crippen molar-refractivity contribution in [3.05, 3.63) is 112 Å². The molecule has 256 valence electrons. The maximum atomic E-state index is 14.2. The maximum Gasteiger partial charge on any atom is 0.343 e. The fraction of sp³-hybridized carbons (Fsp3) is 0.278. The molecule has 0 radical (unpaired) electrons. The Kier molecular flexibility index (Phi) is 11.8. The third kappa shape index (κ3) is 7.99. The van der Waals surface area contributed by atoms with Gasteiger partial charge in [-0.2, -0.15) is 0 Å². The Balaban J connectivity index is 1.59. The van der Waals surface area contributed by atoms with Crippen molar-refractivity contribution >= 4 is 51.9 Å². The minimum absolute atomic E-state index is 0.142. The SMILES string of the molecule is CCOC(=O)C1=C(C)N=c2s/c(=C\c3cc(I)c(OCc4ccccc4)c(OC)c3)c(=O)n2[C@H]1c1ccc(OCC(=O)OC)c(OCC)c1. The van der Waals surface area contributed by atoms with Gasteiger partial charge in [0.2, 0.25) is 0 Å². The van der Waals surface area contributed by atoms with Gasteiger partial charge in [0.1, 0.15) is 6.61 Å². The lowest BCUT2D eigenvalue weighted by Crippen LogP contribution is -2.40. The van der Waals surface area contributed by atoms with Gasteiger partial charge in [-0.3, -0.25) is 9.36 Å². The van der Waals surface area contributed by atoms with Crippen LogP contribution < -0.4 is 33.8 Å². The number of carbonyl (C=O) groups is 2. The molecule has 0 saturated carbocycles. The lowest BCUT2D eigenvalue weighted by molar-refractivity contribution is -0.143. The van der Waals surface area contributed by atoms with Crippen molar-refractivity contribution in [2.45, 2.75) is 33.4 Å².